The van der Waals surface area contributed by atoms with Gasteiger partial charge in [0.25, 0.3) is 5.85 Å². The van der Waals surface area contributed by atoms with Crippen LogP contribution in [0, 0.1) is 0 Å². The van der Waals surface area contributed by atoms with Gasteiger partial charge < -0.3 is 23.3 Å². The third kappa shape index (κ3) is 6.01. The number of rotatable bonds is 9. The molecule has 3 atom stereocenters. The van der Waals surface area contributed by atoms with Crippen molar-refractivity contribution in [2.75, 3.05) is 14.2 Å². The largest absolute Gasteiger partial charge is 0.458 e. The van der Waals surface area contributed by atoms with Crippen LogP contribution in [0.2, 0.25) is 0 Å². The summed E-state index contributed by atoms with van der Waals surface area (Å²) in [5, 5.41) is 0. The van der Waals surface area contributed by atoms with Gasteiger partial charge in [0.15, 0.2) is 0 Å². The minimum absolute atomic E-state index is 0.0104. The molecule has 1 aromatic carbocycles. The fraction of sp³-hybridized carbons (Fsp3) is 0.444. The Hall–Kier alpha value is -1.99. The van der Waals surface area contributed by atoms with E-state index in [0.717, 1.165) is 19.8 Å². The van der Waals surface area contributed by atoms with Crippen LogP contribution in [-0.4, -0.2) is 44.2 Å². The average molecular weight is 398 g/mol. The molecule has 0 saturated heterocycles. The molecule has 8 nitrogen and oxygen atoms in total. The average Bonchev–Trinajstić information content (AvgIpc) is 3.10. The molecule has 0 aromatic heterocycles. The standard InChI is InChI=1S/C18H23O8P/c1-13(19)25-15-9-10-16(11-15)26-18(27(21,22-2)23-3)17(20)24-12-14-7-5-4-6-8-14/h4-10,15-16,18H,11-12H2,1-3H3. The second-order valence-corrected chi connectivity index (χ2v) is 8.07. The lowest BCUT2D eigenvalue weighted by Gasteiger charge is -2.25. The molecular weight excluding hydrogens is 375 g/mol. The molecule has 2 rings (SSSR count). The lowest BCUT2D eigenvalue weighted by molar-refractivity contribution is -0.157. The number of ether oxygens (including phenoxy) is 3. The number of esters is 2. The molecular formula is C18H23O8P. The van der Waals surface area contributed by atoms with Gasteiger partial charge in [0, 0.05) is 27.6 Å². The Morgan fingerprint density at radius 2 is 1.74 bits per heavy atom. The summed E-state index contributed by atoms with van der Waals surface area (Å²) >= 11 is 0. The van der Waals surface area contributed by atoms with Gasteiger partial charge in [0.05, 0.1) is 6.10 Å². The number of benzene rings is 1. The van der Waals surface area contributed by atoms with Crippen molar-refractivity contribution >= 4 is 19.5 Å². The Morgan fingerprint density at radius 1 is 1.11 bits per heavy atom. The molecule has 0 radical (unpaired) electrons. The molecule has 0 amide bonds. The molecule has 0 fully saturated rings. The van der Waals surface area contributed by atoms with Gasteiger partial charge >= 0.3 is 19.5 Å². The van der Waals surface area contributed by atoms with E-state index < -0.39 is 37.6 Å². The highest BCUT2D eigenvalue weighted by molar-refractivity contribution is 7.55. The summed E-state index contributed by atoms with van der Waals surface area (Å²) in [5.74, 6) is -2.86. The summed E-state index contributed by atoms with van der Waals surface area (Å²) in [6.07, 6.45) is 2.47. The predicted molar refractivity (Wildman–Crippen MR) is 95.8 cm³/mol. The van der Waals surface area contributed by atoms with Crippen LogP contribution in [-0.2, 0) is 44.0 Å². The third-order valence-corrected chi connectivity index (χ3v) is 5.77. The molecule has 148 valence electrons. The minimum Gasteiger partial charge on any atom is -0.458 e. The van der Waals surface area contributed by atoms with Gasteiger partial charge in [0.1, 0.15) is 12.7 Å². The molecule has 9 heteroatoms. The van der Waals surface area contributed by atoms with Gasteiger partial charge in [-0.25, -0.2) is 4.79 Å². The smallest absolute Gasteiger partial charge is 0.370 e. The first-order chi connectivity index (χ1) is 12.9. The first-order valence-electron chi connectivity index (χ1n) is 8.30. The molecule has 0 aliphatic heterocycles. The monoisotopic (exact) mass is 398 g/mol. The third-order valence-electron chi connectivity index (χ3n) is 3.85. The van der Waals surface area contributed by atoms with Gasteiger partial charge in [-0.1, -0.05) is 36.4 Å². The summed E-state index contributed by atoms with van der Waals surface area (Å²) in [6, 6.07) is 9.04. The number of hydrogen-bond donors (Lipinski definition) is 0. The molecule has 0 bridgehead atoms. The zero-order valence-electron chi connectivity index (χ0n) is 15.4. The fourth-order valence-electron chi connectivity index (χ4n) is 2.53. The van der Waals surface area contributed by atoms with Crippen LogP contribution in [0.1, 0.15) is 18.9 Å². The molecule has 0 heterocycles. The quantitative estimate of drug-likeness (QED) is 0.356. The van der Waals surface area contributed by atoms with Crippen molar-refractivity contribution in [1.82, 2.24) is 0 Å². The van der Waals surface area contributed by atoms with Crippen LogP contribution in [0.3, 0.4) is 0 Å². The summed E-state index contributed by atoms with van der Waals surface area (Å²) in [6.45, 7) is 1.29. The normalized spacial score (nSPS) is 20.3. The van der Waals surface area contributed by atoms with Crippen LogP contribution in [0.4, 0.5) is 0 Å². The van der Waals surface area contributed by atoms with Crippen LogP contribution >= 0.6 is 7.60 Å². The summed E-state index contributed by atoms with van der Waals surface area (Å²) < 4.78 is 38.6. The second-order valence-electron chi connectivity index (χ2n) is 5.79. The SMILES string of the molecule is COP(=O)(OC)C(OC1C=CC(OC(C)=O)C1)C(=O)OCc1ccccc1. The van der Waals surface area contributed by atoms with Crippen molar-refractivity contribution in [2.24, 2.45) is 0 Å². The van der Waals surface area contributed by atoms with E-state index in [1.165, 1.54) is 6.92 Å². The first kappa shape index (κ1) is 21.3. The summed E-state index contributed by atoms with van der Waals surface area (Å²) in [4.78, 5) is 23.6. The summed E-state index contributed by atoms with van der Waals surface area (Å²) in [5.41, 5.74) is 0.768. The lowest BCUT2D eigenvalue weighted by atomic mass is 10.2. The van der Waals surface area contributed by atoms with Gasteiger partial charge in [-0.3, -0.25) is 9.36 Å². The molecule has 1 aromatic rings. The highest BCUT2D eigenvalue weighted by Gasteiger charge is 2.44. The molecule has 0 spiro atoms. The van der Waals surface area contributed by atoms with E-state index in [4.69, 9.17) is 23.3 Å². The van der Waals surface area contributed by atoms with E-state index in [1.54, 1.807) is 24.3 Å². The van der Waals surface area contributed by atoms with Crippen molar-refractivity contribution in [3.8, 4) is 0 Å². The predicted octanol–water partition coefficient (Wildman–Crippen LogP) is 2.82. The van der Waals surface area contributed by atoms with E-state index >= 15 is 0 Å². The Morgan fingerprint density at radius 3 is 2.33 bits per heavy atom. The van der Waals surface area contributed by atoms with Crippen LogP contribution in [0.25, 0.3) is 0 Å². The second kappa shape index (κ2) is 9.80. The highest BCUT2D eigenvalue weighted by Crippen LogP contribution is 2.53. The number of carbonyl (C=O) groups is 2. The molecule has 3 unspecified atom stereocenters. The van der Waals surface area contributed by atoms with Gasteiger partial charge in [-0.2, -0.15) is 0 Å². The Kier molecular flexibility index (Phi) is 7.74. The van der Waals surface area contributed by atoms with Crippen molar-refractivity contribution in [1.29, 1.82) is 0 Å². The highest BCUT2D eigenvalue weighted by atomic mass is 31.2. The maximum absolute atomic E-state index is 12.8. The van der Waals surface area contributed by atoms with Crippen LogP contribution in [0.15, 0.2) is 42.5 Å². The van der Waals surface area contributed by atoms with Crippen molar-refractivity contribution in [2.45, 2.75) is 38.0 Å². The first-order valence-corrected chi connectivity index (χ1v) is 9.92. The van der Waals surface area contributed by atoms with Crippen molar-refractivity contribution in [3.63, 3.8) is 0 Å². The number of hydrogen-bond acceptors (Lipinski definition) is 8. The summed E-state index contributed by atoms with van der Waals surface area (Å²) in [7, 11) is -1.58. The van der Waals surface area contributed by atoms with Crippen molar-refractivity contribution in [3.05, 3.63) is 48.0 Å². The molecule has 1 aliphatic carbocycles. The lowest BCUT2D eigenvalue weighted by Crippen LogP contribution is -2.31. The molecule has 0 N–H and O–H groups in total. The van der Waals surface area contributed by atoms with Gasteiger partial charge in [-0.15, -0.1) is 0 Å². The minimum atomic E-state index is -3.91. The van der Waals surface area contributed by atoms with Gasteiger partial charge in [-0.05, 0) is 11.6 Å². The molecule has 0 saturated carbocycles. The fourth-order valence-corrected chi connectivity index (χ4v) is 3.70. The van der Waals surface area contributed by atoms with E-state index in [-0.39, 0.29) is 13.0 Å². The Bertz CT molecular complexity index is 709. The van der Waals surface area contributed by atoms with Gasteiger partial charge in [0.2, 0.25) is 0 Å². The maximum Gasteiger partial charge on any atom is 0.370 e. The van der Waals surface area contributed by atoms with E-state index in [2.05, 4.69) is 0 Å². The maximum atomic E-state index is 12.8. The van der Waals surface area contributed by atoms with Crippen LogP contribution in [0.5, 0.6) is 0 Å². The molecule has 1 aliphatic rings. The Labute approximate surface area is 157 Å². The molecule has 27 heavy (non-hydrogen) atoms. The zero-order chi connectivity index (χ0) is 19.9. The van der Waals surface area contributed by atoms with Crippen molar-refractivity contribution < 1.29 is 37.4 Å². The van der Waals surface area contributed by atoms with E-state index in [9.17, 15) is 14.2 Å². The zero-order valence-corrected chi connectivity index (χ0v) is 16.3. The topological polar surface area (TPSA) is 97.4 Å². The van der Waals surface area contributed by atoms with Crippen LogP contribution < -0.4 is 0 Å². The Balaban J connectivity index is 2.05. The number of carbonyl (C=O) groups excluding carboxylic acids is 2. The van der Waals surface area contributed by atoms with E-state index in [1.807, 2.05) is 18.2 Å². The van der Waals surface area contributed by atoms with E-state index in [0.29, 0.717) is 0 Å².